The Morgan fingerprint density at radius 2 is 1.93 bits per heavy atom. The number of hydrogen-bond donors (Lipinski definition) is 0. The van der Waals surface area contributed by atoms with Crippen LogP contribution in [-0.4, -0.2) is 34.6 Å². The number of benzene rings is 2. The maximum Gasteiger partial charge on any atom is 0.288 e. The van der Waals surface area contributed by atoms with Crippen molar-refractivity contribution in [2.24, 2.45) is 0 Å². The molecule has 29 heavy (non-hydrogen) atoms. The second kappa shape index (κ2) is 7.53. The molecule has 0 unspecified atom stereocenters. The molecule has 0 amide bonds. The lowest BCUT2D eigenvalue weighted by Gasteiger charge is -2.21. The van der Waals surface area contributed by atoms with Crippen molar-refractivity contribution in [1.82, 2.24) is 14.7 Å². The van der Waals surface area contributed by atoms with Gasteiger partial charge in [-0.15, -0.1) is 5.10 Å². The summed E-state index contributed by atoms with van der Waals surface area (Å²) >= 11 is 5.43. The van der Waals surface area contributed by atoms with Gasteiger partial charge in [-0.25, -0.2) is 4.68 Å². The molecule has 0 bridgehead atoms. The normalized spacial score (nSPS) is 15.1. The van der Waals surface area contributed by atoms with Crippen molar-refractivity contribution in [3.63, 3.8) is 0 Å². The molecule has 3 aromatic rings. The minimum Gasteiger partial charge on any atom is -0.497 e. The van der Waals surface area contributed by atoms with E-state index in [9.17, 15) is 0 Å². The number of hydrogen-bond acceptors (Lipinski definition) is 7. The predicted octanol–water partition coefficient (Wildman–Crippen LogP) is 4.23. The summed E-state index contributed by atoms with van der Waals surface area (Å²) in [6, 6.07) is 14.3. The van der Waals surface area contributed by atoms with Crippen LogP contribution < -0.4 is 14.2 Å². The first-order chi connectivity index (χ1) is 14.2. The van der Waals surface area contributed by atoms with Gasteiger partial charge in [0.1, 0.15) is 5.75 Å². The molecule has 7 nitrogen and oxygen atoms in total. The number of nitrogens with zero attached hydrogens (tertiary/aromatic N) is 3. The van der Waals surface area contributed by atoms with Crippen molar-refractivity contribution < 1.29 is 18.6 Å². The van der Waals surface area contributed by atoms with Gasteiger partial charge in [0.25, 0.3) is 4.84 Å². The Balaban J connectivity index is 1.35. The number of aromatic nitrogens is 2. The summed E-state index contributed by atoms with van der Waals surface area (Å²) in [6.07, 6.45) is 2.38. The summed E-state index contributed by atoms with van der Waals surface area (Å²) < 4.78 is 23.6. The lowest BCUT2D eigenvalue weighted by Crippen LogP contribution is -2.28. The third-order valence-corrected chi connectivity index (χ3v) is 5.44. The molecule has 0 saturated heterocycles. The maximum absolute atomic E-state index is 5.77. The topological polar surface area (TPSA) is 61.9 Å². The minimum absolute atomic E-state index is 0.234. The summed E-state index contributed by atoms with van der Waals surface area (Å²) in [7, 11) is 1.68. The van der Waals surface area contributed by atoms with Crippen LogP contribution in [0, 0.1) is 4.84 Å². The van der Waals surface area contributed by atoms with Crippen molar-refractivity contribution in [1.29, 1.82) is 0 Å². The monoisotopic (exact) mass is 411 g/mol. The Bertz CT molecular complexity index is 1070. The third-order valence-electron chi connectivity index (χ3n) is 5.15. The first kappa shape index (κ1) is 18.2. The average molecular weight is 411 g/mol. The molecule has 2 aliphatic rings. The minimum atomic E-state index is 0.234. The van der Waals surface area contributed by atoms with Crippen molar-refractivity contribution in [2.45, 2.75) is 32.1 Å². The van der Waals surface area contributed by atoms with E-state index in [1.165, 1.54) is 18.4 Å². The maximum atomic E-state index is 5.77. The number of rotatable bonds is 7. The molecule has 1 saturated carbocycles. The van der Waals surface area contributed by atoms with Crippen LogP contribution in [0.3, 0.4) is 0 Å². The van der Waals surface area contributed by atoms with E-state index >= 15 is 0 Å². The van der Waals surface area contributed by atoms with Crippen LogP contribution in [-0.2, 0) is 13.2 Å². The highest BCUT2D eigenvalue weighted by Crippen LogP contribution is 2.35. The molecular weight excluding hydrogens is 390 g/mol. The molecule has 0 N–H and O–H groups in total. The molecule has 2 aromatic carbocycles. The lowest BCUT2D eigenvalue weighted by atomic mass is 10.2. The zero-order valence-electron chi connectivity index (χ0n) is 16.0. The first-order valence-corrected chi connectivity index (χ1v) is 9.95. The smallest absolute Gasteiger partial charge is 0.288 e. The second-order valence-corrected chi connectivity index (χ2v) is 7.56. The van der Waals surface area contributed by atoms with Gasteiger partial charge in [0.15, 0.2) is 11.5 Å². The van der Waals surface area contributed by atoms with E-state index in [1.807, 2.05) is 30.3 Å². The molecule has 0 atom stereocenters. The Morgan fingerprint density at radius 1 is 1.14 bits per heavy atom. The van der Waals surface area contributed by atoms with Crippen LogP contribution in [0.15, 0.2) is 46.9 Å². The van der Waals surface area contributed by atoms with Crippen molar-refractivity contribution >= 4 is 12.2 Å². The summed E-state index contributed by atoms with van der Waals surface area (Å²) in [5, 5.41) is 4.61. The average Bonchev–Trinajstić information content (AvgIpc) is 3.38. The quantitative estimate of drug-likeness (QED) is 0.539. The summed E-state index contributed by atoms with van der Waals surface area (Å²) in [5.74, 6) is 2.76. The fourth-order valence-electron chi connectivity index (χ4n) is 3.41. The highest BCUT2D eigenvalue weighted by atomic mass is 32.1. The van der Waals surface area contributed by atoms with Gasteiger partial charge < -0.3 is 18.6 Å². The van der Waals surface area contributed by atoms with Crippen LogP contribution in [0.4, 0.5) is 0 Å². The lowest BCUT2D eigenvalue weighted by molar-refractivity contribution is 0.174. The molecule has 2 heterocycles. The van der Waals surface area contributed by atoms with Gasteiger partial charge in [-0.05, 0) is 61.0 Å². The summed E-state index contributed by atoms with van der Waals surface area (Å²) in [5.41, 5.74) is 2.04. The van der Waals surface area contributed by atoms with E-state index in [1.54, 1.807) is 11.8 Å². The van der Waals surface area contributed by atoms with Crippen LogP contribution in [0.5, 0.6) is 17.2 Å². The van der Waals surface area contributed by atoms with E-state index in [2.05, 4.69) is 22.1 Å². The van der Waals surface area contributed by atoms with Crippen molar-refractivity contribution in [3.8, 4) is 28.7 Å². The van der Waals surface area contributed by atoms with E-state index in [0.717, 1.165) is 23.6 Å². The van der Waals surface area contributed by atoms with Crippen molar-refractivity contribution in [3.05, 3.63) is 52.9 Å². The van der Waals surface area contributed by atoms with Crippen LogP contribution >= 0.6 is 12.2 Å². The molecule has 1 aliphatic heterocycles. The highest BCUT2D eigenvalue weighted by Gasteiger charge is 2.30. The Hall–Kier alpha value is -2.84. The van der Waals surface area contributed by atoms with Crippen LogP contribution in [0.2, 0.25) is 0 Å². The molecule has 150 valence electrons. The molecular formula is C21H21N3O4S. The molecule has 1 aliphatic carbocycles. The third kappa shape index (κ3) is 3.86. The predicted molar refractivity (Wildman–Crippen MR) is 108 cm³/mol. The van der Waals surface area contributed by atoms with Gasteiger partial charge in [0, 0.05) is 18.2 Å². The molecule has 0 spiro atoms. The zero-order chi connectivity index (χ0) is 19.8. The molecule has 8 heteroatoms. The second-order valence-electron chi connectivity index (χ2n) is 7.21. The standard InChI is InChI=1S/C21H21N3O4S/c1-25-17-7-2-14(3-8-17)11-23(16-5-6-16)12-24-21(29)28-20(22-24)15-4-9-18-19(10-15)27-13-26-18/h2-4,7-10,16H,5-6,11-13H2,1H3. The molecule has 0 radical (unpaired) electrons. The van der Waals surface area contributed by atoms with Crippen LogP contribution in [0.25, 0.3) is 11.5 Å². The van der Waals surface area contributed by atoms with Gasteiger partial charge in [-0.2, -0.15) is 0 Å². The highest BCUT2D eigenvalue weighted by molar-refractivity contribution is 7.71. The van der Waals surface area contributed by atoms with Gasteiger partial charge >= 0.3 is 0 Å². The molecule has 1 fully saturated rings. The van der Waals surface area contributed by atoms with Gasteiger partial charge in [-0.1, -0.05) is 12.1 Å². The number of methoxy groups -OCH3 is 1. The Labute approximate surface area is 173 Å². The summed E-state index contributed by atoms with van der Waals surface area (Å²) in [6.45, 7) is 1.64. The van der Waals surface area contributed by atoms with E-state index in [-0.39, 0.29) is 6.79 Å². The van der Waals surface area contributed by atoms with Gasteiger partial charge in [0.2, 0.25) is 12.7 Å². The van der Waals surface area contributed by atoms with Crippen molar-refractivity contribution in [2.75, 3.05) is 13.9 Å². The largest absolute Gasteiger partial charge is 0.497 e. The van der Waals surface area contributed by atoms with E-state index in [0.29, 0.717) is 29.2 Å². The molecule has 1 aromatic heterocycles. The Kier molecular flexibility index (Phi) is 4.73. The van der Waals surface area contributed by atoms with Crippen LogP contribution in [0.1, 0.15) is 18.4 Å². The number of ether oxygens (including phenoxy) is 3. The van der Waals surface area contributed by atoms with E-state index < -0.39 is 0 Å². The molecule has 5 rings (SSSR count). The fourth-order valence-corrected chi connectivity index (χ4v) is 3.59. The summed E-state index contributed by atoms with van der Waals surface area (Å²) in [4.78, 5) is 2.74. The van der Waals surface area contributed by atoms with E-state index in [4.69, 9.17) is 30.8 Å². The Morgan fingerprint density at radius 3 is 2.69 bits per heavy atom. The number of fused-ring (bicyclic) bond motifs is 1. The SMILES string of the molecule is COc1ccc(CN(Cn2nc(-c3ccc4c(c3)OCO4)oc2=S)C2CC2)cc1. The zero-order valence-corrected chi connectivity index (χ0v) is 16.9. The first-order valence-electron chi connectivity index (χ1n) is 9.54. The fraction of sp³-hybridized carbons (Fsp3) is 0.333. The van der Waals surface area contributed by atoms with Gasteiger partial charge in [-0.3, -0.25) is 4.90 Å². The van der Waals surface area contributed by atoms with Gasteiger partial charge in [0.05, 0.1) is 13.8 Å².